The van der Waals surface area contributed by atoms with Crippen LogP contribution in [0, 0.1) is 0 Å². The van der Waals surface area contributed by atoms with Crippen LogP contribution in [0.25, 0.3) is 0 Å². The van der Waals surface area contributed by atoms with E-state index in [4.69, 9.17) is 5.73 Å². The smallest absolute Gasteiger partial charge is 0.240 e. The number of nitrogens with zero attached hydrogens (tertiary/aromatic N) is 1. The third-order valence-corrected chi connectivity index (χ3v) is 6.76. The number of sulfonamides is 1. The number of rotatable bonds is 6. The molecule has 8 heteroatoms. The Balaban J connectivity index is 0.00000240. The number of aryl methyl sites for hydroxylation is 1. The minimum absolute atomic E-state index is 0. The van der Waals surface area contributed by atoms with Crippen LogP contribution in [0.1, 0.15) is 42.4 Å². The first-order valence-corrected chi connectivity index (χ1v) is 11.3. The van der Waals surface area contributed by atoms with Gasteiger partial charge in [0.1, 0.15) is 0 Å². The van der Waals surface area contributed by atoms with Gasteiger partial charge < -0.3 is 11.1 Å². The molecule has 0 atom stereocenters. The first kappa shape index (κ1) is 22.0. The molecule has 0 heterocycles. The van der Waals surface area contributed by atoms with Crippen molar-refractivity contribution in [1.82, 2.24) is 4.72 Å². The van der Waals surface area contributed by atoms with E-state index in [1.165, 1.54) is 24.0 Å². The first-order chi connectivity index (χ1) is 13.5. The molecule has 156 valence electrons. The number of aliphatic imine (C=N–C) groups is 1. The van der Waals surface area contributed by atoms with Gasteiger partial charge in [-0.1, -0.05) is 24.3 Å². The fourth-order valence-corrected chi connectivity index (χ4v) is 4.82. The lowest BCUT2D eigenvalue weighted by atomic mass is 9.90. The van der Waals surface area contributed by atoms with Crippen molar-refractivity contribution in [3.8, 4) is 0 Å². The van der Waals surface area contributed by atoms with Crippen LogP contribution in [0.3, 0.4) is 0 Å². The van der Waals surface area contributed by atoms with Gasteiger partial charge in [0.15, 0.2) is 5.96 Å². The zero-order chi connectivity index (χ0) is 19.6. The molecule has 0 spiro atoms. The third kappa shape index (κ3) is 5.70. The van der Waals surface area contributed by atoms with Gasteiger partial charge in [0.25, 0.3) is 0 Å². The minimum Gasteiger partial charge on any atom is -0.370 e. The summed E-state index contributed by atoms with van der Waals surface area (Å²) in [6.07, 6.45) is 6.46. The largest absolute Gasteiger partial charge is 0.370 e. The van der Waals surface area contributed by atoms with E-state index >= 15 is 0 Å². The summed E-state index contributed by atoms with van der Waals surface area (Å²) in [5.41, 5.74) is 10.7. The summed E-state index contributed by atoms with van der Waals surface area (Å²) < 4.78 is 27.1. The van der Waals surface area contributed by atoms with Gasteiger partial charge in [0.05, 0.1) is 11.4 Å². The molecule has 6 nitrogen and oxygen atoms in total. The van der Waals surface area contributed by atoms with Crippen LogP contribution in [-0.2, 0) is 29.4 Å². The molecule has 0 aromatic heterocycles. The SMILES string of the molecule is I.NC(=NCc1ccc(S(=O)(=O)NC2CC2)cc1)Nc1cccc2c1CCCC2. The molecule has 2 aliphatic rings. The second-order valence-electron chi connectivity index (χ2n) is 7.52. The Labute approximate surface area is 189 Å². The molecule has 0 radical (unpaired) electrons. The van der Waals surface area contributed by atoms with Crippen molar-refractivity contribution >= 4 is 45.6 Å². The van der Waals surface area contributed by atoms with Crippen LogP contribution < -0.4 is 15.8 Å². The van der Waals surface area contributed by atoms with Gasteiger partial charge in [0.2, 0.25) is 10.0 Å². The molecule has 0 amide bonds. The summed E-state index contributed by atoms with van der Waals surface area (Å²) in [5.74, 6) is 0.367. The molecule has 0 unspecified atom stereocenters. The minimum atomic E-state index is -3.42. The van der Waals surface area contributed by atoms with E-state index in [0.717, 1.165) is 36.9 Å². The molecule has 0 saturated heterocycles. The number of nitrogens with two attached hydrogens (primary N) is 1. The number of benzene rings is 2. The highest BCUT2D eigenvalue weighted by Crippen LogP contribution is 2.27. The Bertz CT molecular complexity index is 986. The molecule has 0 bridgehead atoms. The number of anilines is 1. The molecule has 2 aliphatic carbocycles. The van der Waals surface area contributed by atoms with Crippen LogP contribution in [0.2, 0.25) is 0 Å². The maximum atomic E-state index is 12.2. The predicted molar refractivity (Wildman–Crippen MR) is 127 cm³/mol. The monoisotopic (exact) mass is 526 g/mol. The van der Waals surface area contributed by atoms with Gasteiger partial charge in [0, 0.05) is 11.7 Å². The summed E-state index contributed by atoms with van der Waals surface area (Å²) in [4.78, 5) is 4.69. The lowest BCUT2D eigenvalue weighted by Crippen LogP contribution is -2.25. The molecule has 1 saturated carbocycles. The Kier molecular flexibility index (Phi) is 7.18. The molecule has 0 aliphatic heterocycles. The van der Waals surface area contributed by atoms with Crippen molar-refractivity contribution < 1.29 is 8.42 Å². The van der Waals surface area contributed by atoms with Crippen molar-refractivity contribution in [2.45, 2.75) is 56.0 Å². The zero-order valence-corrected chi connectivity index (χ0v) is 19.4. The van der Waals surface area contributed by atoms with E-state index in [2.05, 4.69) is 27.2 Å². The fourth-order valence-electron chi connectivity index (χ4n) is 3.52. The number of halogens is 1. The van der Waals surface area contributed by atoms with Crippen LogP contribution in [0.4, 0.5) is 5.69 Å². The second kappa shape index (κ2) is 9.44. The van der Waals surface area contributed by atoms with E-state index in [0.29, 0.717) is 12.5 Å². The summed E-state index contributed by atoms with van der Waals surface area (Å²) in [7, 11) is -3.42. The number of hydrogen-bond acceptors (Lipinski definition) is 3. The van der Waals surface area contributed by atoms with Gasteiger partial charge in [-0.05, 0) is 73.4 Å². The van der Waals surface area contributed by atoms with E-state index in [1.807, 2.05) is 6.07 Å². The number of fused-ring (bicyclic) bond motifs is 1. The molecular formula is C21H27IN4O2S. The molecule has 2 aromatic rings. The van der Waals surface area contributed by atoms with Crippen LogP contribution in [0.15, 0.2) is 52.4 Å². The highest BCUT2D eigenvalue weighted by Gasteiger charge is 2.27. The van der Waals surface area contributed by atoms with Crippen molar-refractivity contribution in [3.05, 3.63) is 59.2 Å². The second-order valence-corrected chi connectivity index (χ2v) is 9.23. The molecule has 4 rings (SSSR count). The fraction of sp³-hybridized carbons (Fsp3) is 0.381. The number of guanidine groups is 1. The Morgan fingerprint density at radius 2 is 1.79 bits per heavy atom. The summed E-state index contributed by atoms with van der Waals surface area (Å²) >= 11 is 0. The highest BCUT2D eigenvalue weighted by molar-refractivity contribution is 14.0. The van der Waals surface area contributed by atoms with Gasteiger partial charge in [-0.15, -0.1) is 24.0 Å². The molecule has 29 heavy (non-hydrogen) atoms. The predicted octanol–water partition coefficient (Wildman–Crippen LogP) is 3.55. The van der Waals surface area contributed by atoms with E-state index in [1.54, 1.807) is 24.3 Å². The summed E-state index contributed by atoms with van der Waals surface area (Å²) in [6.45, 7) is 0.393. The molecule has 2 aromatic carbocycles. The van der Waals surface area contributed by atoms with Gasteiger partial charge in [-0.3, -0.25) is 0 Å². The number of nitrogens with one attached hydrogen (secondary N) is 2. The lowest BCUT2D eigenvalue weighted by molar-refractivity contribution is 0.581. The summed E-state index contributed by atoms with van der Waals surface area (Å²) in [5, 5.41) is 3.23. The quantitative estimate of drug-likeness (QED) is 0.305. The van der Waals surface area contributed by atoms with Crippen molar-refractivity contribution in [2.75, 3.05) is 5.32 Å². The van der Waals surface area contributed by atoms with Crippen LogP contribution in [0.5, 0.6) is 0 Å². The maximum absolute atomic E-state index is 12.2. The normalized spacial score (nSPS) is 16.6. The standard InChI is InChI=1S/C21H26N4O2S.HI/c22-21(24-20-7-3-5-16-4-1-2-6-19(16)20)23-14-15-8-12-18(13-9-15)28(26,27)25-17-10-11-17;/h3,5,7-9,12-13,17,25H,1-2,4,6,10-11,14H2,(H3,22,23,24);1H. The maximum Gasteiger partial charge on any atom is 0.240 e. The lowest BCUT2D eigenvalue weighted by Gasteiger charge is -2.19. The zero-order valence-electron chi connectivity index (χ0n) is 16.2. The Hall–Kier alpha value is -1.65. The molecular weight excluding hydrogens is 499 g/mol. The molecule has 4 N–H and O–H groups in total. The summed E-state index contributed by atoms with van der Waals surface area (Å²) in [6, 6.07) is 13.2. The van der Waals surface area contributed by atoms with E-state index < -0.39 is 10.0 Å². The third-order valence-electron chi connectivity index (χ3n) is 5.22. The first-order valence-electron chi connectivity index (χ1n) is 9.80. The topological polar surface area (TPSA) is 96.6 Å². The number of hydrogen-bond donors (Lipinski definition) is 3. The Morgan fingerprint density at radius 1 is 1.07 bits per heavy atom. The average molecular weight is 526 g/mol. The van der Waals surface area contributed by atoms with Crippen molar-refractivity contribution in [1.29, 1.82) is 0 Å². The highest BCUT2D eigenvalue weighted by atomic mass is 127. The molecule has 1 fully saturated rings. The van der Waals surface area contributed by atoms with Gasteiger partial charge in [-0.25, -0.2) is 18.1 Å². The van der Waals surface area contributed by atoms with E-state index in [-0.39, 0.29) is 34.9 Å². The van der Waals surface area contributed by atoms with E-state index in [9.17, 15) is 8.42 Å². The van der Waals surface area contributed by atoms with Gasteiger partial charge in [-0.2, -0.15) is 0 Å². The Morgan fingerprint density at radius 3 is 2.52 bits per heavy atom. The van der Waals surface area contributed by atoms with Crippen molar-refractivity contribution in [2.24, 2.45) is 10.7 Å². The van der Waals surface area contributed by atoms with Crippen molar-refractivity contribution in [3.63, 3.8) is 0 Å². The van der Waals surface area contributed by atoms with Crippen LogP contribution >= 0.6 is 24.0 Å². The average Bonchev–Trinajstić information content (AvgIpc) is 3.50. The van der Waals surface area contributed by atoms with Crippen LogP contribution in [-0.4, -0.2) is 20.4 Å². The van der Waals surface area contributed by atoms with Gasteiger partial charge >= 0.3 is 0 Å².